The van der Waals surface area contributed by atoms with Gasteiger partial charge in [0.15, 0.2) is 0 Å². The van der Waals surface area contributed by atoms with Gasteiger partial charge in [-0.25, -0.2) is 13.6 Å². The molecule has 0 saturated heterocycles. The topological polar surface area (TPSA) is 64.6 Å². The first-order valence-electron chi connectivity index (χ1n) is 9.07. The third-order valence-corrected chi connectivity index (χ3v) is 5.38. The Morgan fingerprint density at radius 1 is 1.03 bits per heavy atom. The Balaban J connectivity index is 2.08. The number of halogens is 2. The van der Waals surface area contributed by atoms with Crippen LogP contribution >= 0.6 is 11.3 Å². The molecule has 0 saturated carbocycles. The summed E-state index contributed by atoms with van der Waals surface area (Å²) in [6.45, 7) is 3.58. The molecule has 2 aromatic carbocycles. The monoisotopic (exact) mass is 431 g/mol. The minimum Gasteiger partial charge on any atom is -0.497 e. The minimum absolute atomic E-state index is 0.130. The number of anilines is 1. The van der Waals surface area contributed by atoms with E-state index in [1.807, 2.05) is 0 Å². The molecule has 0 bridgehead atoms. The van der Waals surface area contributed by atoms with E-state index in [4.69, 9.17) is 9.47 Å². The molecule has 0 unspecified atom stereocenters. The van der Waals surface area contributed by atoms with Crippen LogP contribution in [0.15, 0.2) is 42.5 Å². The Bertz CT molecular complexity index is 1070. The van der Waals surface area contributed by atoms with Gasteiger partial charge in [-0.1, -0.05) is 18.2 Å². The second kappa shape index (κ2) is 9.04. The highest BCUT2D eigenvalue weighted by molar-refractivity contribution is 7.17. The molecule has 3 rings (SSSR count). The van der Waals surface area contributed by atoms with Crippen LogP contribution in [0, 0.1) is 18.6 Å². The first-order valence-corrected chi connectivity index (χ1v) is 9.89. The number of benzene rings is 2. The van der Waals surface area contributed by atoms with Crippen LogP contribution in [0.1, 0.15) is 32.5 Å². The average Bonchev–Trinajstić information content (AvgIpc) is 3.03. The largest absolute Gasteiger partial charge is 0.497 e. The fraction of sp³-hybridized carbons (Fsp3) is 0.182. The first-order chi connectivity index (χ1) is 14.4. The van der Waals surface area contributed by atoms with Gasteiger partial charge in [-0.2, -0.15) is 0 Å². The van der Waals surface area contributed by atoms with Crippen molar-refractivity contribution in [2.24, 2.45) is 0 Å². The summed E-state index contributed by atoms with van der Waals surface area (Å²) in [5.41, 5.74) is 0.703. The van der Waals surface area contributed by atoms with E-state index in [1.165, 1.54) is 6.07 Å². The molecular formula is C22H19F2NO4S. The summed E-state index contributed by atoms with van der Waals surface area (Å²) >= 11 is 1.13. The van der Waals surface area contributed by atoms with Gasteiger partial charge in [0.2, 0.25) is 0 Å². The zero-order valence-electron chi connectivity index (χ0n) is 16.5. The van der Waals surface area contributed by atoms with Crippen molar-refractivity contribution in [2.75, 3.05) is 19.0 Å². The van der Waals surface area contributed by atoms with Crippen molar-refractivity contribution >= 4 is 28.2 Å². The second-order valence-corrected chi connectivity index (χ2v) is 7.46. The van der Waals surface area contributed by atoms with Crippen molar-refractivity contribution in [2.45, 2.75) is 13.8 Å². The van der Waals surface area contributed by atoms with E-state index in [0.29, 0.717) is 16.9 Å². The Morgan fingerprint density at radius 3 is 2.23 bits per heavy atom. The van der Waals surface area contributed by atoms with Crippen LogP contribution in [0.5, 0.6) is 5.75 Å². The number of methoxy groups -OCH3 is 1. The number of aryl methyl sites for hydroxylation is 1. The average molecular weight is 431 g/mol. The van der Waals surface area contributed by atoms with Crippen molar-refractivity contribution in [3.63, 3.8) is 0 Å². The molecule has 156 valence electrons. The second-order valence-electron chi connectivity index (χ2n) is 6.24. The summed E-state index contributed by atoms with van der Waals surface area (Å²) in [6.07, 6.45) is 0. The lowest BCUT2D eigenvalue weighted by Gasteiger charge is -2.10. The fourth-order valence-corrected chi connectivity index (χ4v) is 4.08. The number of esters is 1. The third-order valence-electron chi connectivity index (χ3n) is 4.36. The highest BCUT2D eigenvalue weighted by Crippen LogP contribution is 2.41. The summed E-state index contributed by atoms with van der Waals surface area (Å²) in [5.74, 6) is -2.97. The van der Waals surface area contributed by atoms with E-state index < -0.39 is 29.1 Å². The van der Waals surface area contributed by atoms with Crippen molar-refractivity contribution in [3.8, 4) is 16.9 Å². The molecule has 0 radical (unpaired) electrons. The Kier molecular flexibility index (Phi) is 6.47. The van der Waals surface area contributed by atoms with Gasteiger partial charge >= 0.3 is 5.97 Å². The van der Waals surface area contributed by atoms with Gasteiger partial charge in [0.1, 0.15) is 33.5 Å². The highest BCUT2D eigenvalue weighted by atomic mass is 32.1. The molecule has 0 atom stereocenters. The number of amides is 1. The molecule has 0 spiro atoms. The number of carbonyl (C=O) groups excluding carboxylic acids is 2. The van der Waals surface area contributed by atoms with Crippen LogP contribution in [0.2, 0.25) is 0 Å². The standard InChI is InChI=1S/C22H19F2NO4S/c1-4-29-22(27)19-17(13-8-10-14(28-3)11-9-13)12(2)30-21(19)25-20(26)18-15(23)6-5-7-16(18)24/h5-11H,4H2,1-3H3,(H,25,26). The molecule has 1 amide bonds. The number of rotatable bonds is 6. The molecule has 3 aromatic rings. The number of hydrogen-bond acceptors (Lipinski definition) is 5. The van der Waals surface area contributed by atoms with E-state index in [2.05, 4.69) is 5.32 Å². The van der Waals surface area contributed by atoms with Crippen LogP contribution in [0.4, 0.5) is 13.8 Å². The maximum Gasteiger partial charge on any atom is 0.341 e. The van der Waals surface area contributed by atoms with Gasteiger partial charge in [-0.15, -0.1) is 11.3 Å². The van der Waals surface area contributed by atoms with Crippen LogP contribution in [0.25, 0.3) is 11.1 Å². The Hall–Kier alpha value is -3.26. The van der Waals surface area contributed by atoms with Crippen LogP contribution in [-0.2, 0) is 4.74 Å². The maximum absolute atomic E-state index is 14.0. The summed E-state index contributed by atoms with van der Waals surface area (Å²) in [6, 6.07) is 10.2. The third kappa shape index (κ3) is 4.18. The summed E-state index contributed by atoms with van der Waals surface area (Å²) in [5, 5.41) is 2.63. The van der Waals surface area contributed by atoms with Crippen molar-refractivity contribution < 1.29 is 27.8 Å². The molecule has 5 nitrogen and oxygen atoms in total. The molecular weight excluding hydrogens is 412 g/mol. The minimum atomic E-state index is -0.992. The summed E-state index contributed by atoms with van der Waals surface area (Å²) < 4.78 is 38.3. The van der Waals surface area contributed by atoms with Crippen LogP contribution in [-0.4, -0.2) is 25.6 Å². The van der Waals surface area contributed by atoms with Gasteiger partial charge in [-0.3, -0.25) is 4.79 Å². The molecule has 0 fully saturated rings. The molecule has 30 heavy (non-hydrogen) atoms. The van der Waals surface area contributed by atoms with Crippen molar-refractivity contribution in [1.29, 1.82) is 0 Å². The number of hydrogen-bond donors (Lipinski definition) is 1. The quantitative estimate of drug-likeness (QED) is 0.528. The normalized spacial score (nSPS) is 10.6. The summed E-state index contributed by atoms with van der Waals surface area (Å²) in [7, 11) is 1.55. The van der Waals surface area contributed by atoms with E-state index in [0.717, 1.165) is 28.3 Å². The molecule has 0 aliphatic rings. The van der Waals surface area contributed by atoms with Gasteiger partial charge in [-0.05, 0) is 43.7 Å². The number of nitrogens with one attached hydrogen (secondary N) is 1. The van der Waals surface area contributed by atoms with E-state index >= 15 is 0 Å². The predicted octanol–water partition coefficient (Wildman–Crippen LogP) is 5.44. The number of thiophene rings is 1. The molecule has 1 N–H and O–H groups in total. The maximum atomic E-state index is 14.0. The SMILES string of the molecule is CCOC(=O)c1c(NC(=O)c2c(F)cccc2F)sc(C)c1-c1ccc(OC)cc1. The van der Waals surface area contributed by atoms with Crippen LogP contribution < -0.4 is 10.1 Å². The lowest BCUT2D eigenvalue weighted by atomic mass is 10.0. The van der Waals surface area contributed by atoms with E-state index in [9.17, 15) is 18.4 Å². The molecule has 0 aliphatic carbocycles. The molecule has 0 aliphatic heterocycles. The van der Waals surface area contributed by atoms with Crippen molar-refractivity contribution in [1.82, 2.24) is 0 Å². The van der Waals surface area contributed by atoms with Gasteiger partial charge in [0.05, 0.1) is 13.7 Å². The molecule has 1 heterocycles. The zero-order chi connectivity index (χ0) is 21.8. The smallest absolute Gasteiger partial charge is 0.341 e. The van der Waals surface area contributed by atoms with E-state index in [1.54, 1.807) is 45.2 Å². The lowest BCUT2D eigenvalue weighted by Crippen LogP contribution is -2.17. The first kappa shape index (κ1) is 21.4. The van der Waals surface area contributed by atoms with Crippen LogP contribution in [0.3, 0.4) is 0 Å². The lowest BCUT2D eigenvalue weighted by molar-refractivity contribution is 0.0529. The van der Waals surface area contributed by atoms with E-state index in [-0.39, 0.29) is 17.2 Å². The fourth-order valence-electron chi connectivity index (χ4n) is 3.02. The Labute approximate surface area is 176 Å². The number of ether oxygens (including phenoxy) is 2. The Morgan fingerprint density at radius 2 is 1.67 bits per heavy atom. The molecule has 1 aromatic heterocycles. The number of carbonyl (C=O) groups is 2. The zero-order valence-corrected chi connectivity index (χ0v) is 17.4. The van der Waals surface area contributed by atoms with Gasteiger partial charge < -0.3 is 14.8 Å². The predicted molar refractivity (Wildman–Crippen MR) is 111 cm³/mol. The van der Waals surface area contributed by atoms with Gasteiger partial charge in [0.25, 0.3) is 5.91 Å². The molecule has 8 heteroatoms. The summed E-state index contributed by atoms with van der Waals surface area (Å²) in [4.78, 5) is 26.0. The van der Waals surface area contributed by atoms with Crippen molar-refractivity contribution in [3.05, 3.63) is 70.1 Å². The van der Waals surface area contributed by atoms with Gasteiger partial charge in [0, 0.05) is 10.4 Å². The highest BCUT2D eigenvalue weighted by Gasteiger charge is 2.27.